The molecule has 0 bridgehead atoms. The van der Waals surface area contributed by atoms with Crippen LogP contribution >= 0.6 is 0 Å². The fourth-order valence-electron chi connectivity index (χ4n) is 4.39. The molecule has 166 valence electrons. The standard InChI is InChI=1S/C31H37N/c1-6-23(4)30(21-25(7-2)26-15-12-13-16-26)20-24(5)32-31(8-3)29-19-18-27-14-10-9-11-17-28(27)22-29/h6-8,12,15-16,18-22,32H,1,4,9-11,13-14,17H2,2-3,5H3/b24-20+,25-7+,30-21-,31-8-. The molecule has 0 unspecified atom stereocenters. The molecule has 0 atom stereocenters. The average molecular weight is 424 g/mol. The molecule has 0 fully saturated rings. The fourth-order valence-corrected chi connectivity index (χ4v) is 4.39. The Balaban J connectivity index is 1.85. The summed E-state index contributed by atoms with van der Waals surface area (Å²) in [5, 5.41) is 3.63. The van der Waals surface area contributed by atoms with Crippen molar-refractivity contribution >= 4 is 5.70 Å². The van der Waals surface area contributed by atoms with Crippen LogP contribution in [-0.2, 0) is 12.8 Å². The van der Waals surface area contributed by atoms with Crippen LogP contribution in [0.25, 0.3) is 5.70 Å². The van der Waals surface area contributed by atoms with Crippen molar-refractivity contribution in [2.45, 2.75) is 59.3 Å². The van der Waals surface area contributed by atoms with Crippen LogP contribution in [0.3, 0.4) is 0 Å². The van der Waals surface area contributed by atoms with Crippen molar-refractivity contribution in [3.63, 3.8) is 0 Å². The molecule has 0 heterocycles. The lowest BCUT2D eigenvalue weighted by Crippen LogP contribution is -2.10. The molecular formula is C31H37N. The highest BCUT2D eigenvalue weighted by Gasteiger charge is 2.11. The maximum absolute atomic E-state index is 4.22. The number of nitrogens with one attached hydrogen (secondary N) is 1. The zero-order valence-electron chi connectivity index (χ0n) is 20.0. The molecule has 3 rings (SSSR count). The Morgan fingerprint density at radius 2 is 1.78 bits per heavy atom. The number of benzene rings is 1. The lowest BCUT2D eigenvalue weighted by Gasteiger charge is -2.15. The lowest BCUT2D eigenvalue weighted by atomic mass is 9.98. The molecule has 1 heteroatoms. The first-order valence-electron chi connectivity index (χ1n) is 11.9. The minimum absolute atomic E-state index is 0.917. The van der Waals surface area contributed by atoms with E-state index in [1.165, 1.54) is 59.9 Å². The van der Waals surface area contributed by atoms with E-state index in [9.17, 15) is 0 Å². The normalized spacial score (nSPS) is 17.5. The third-order valence-electron chi connectivity index (χ3n) is 6.25. The summed E-state index contributed by atoms with van der Waals surface area (Å²) in [5.41, 5.74) is 11.0. The Morgan fingerprint density at radius 1 is 1.00 bits per heavy atom. The minimum atomic E-state index is 0.917. The van der Waals surface area contributed by atoms with Crippen LogP contribution in [-0.4, -0.2) is 0 Å². The predicted octanol–water partition coefficient (Wildman–Crippen LogP) is 8.31. The van der Waals surface area contributed by atoms with Crippen molar-refractivity contribution in [2.75, 3.05) is 0 Å². The van der Waals surface area contributed by atoms with E-state index in [-0.39, 0.29) is 0 Å². The molecule has 2 aliphatic carbocycles. The molecule has 0 saturated heterocycles. The second kappa shape index (κ2) is 11.5. The Bertz CT molecular complexity index is 1050. The van der Waals surface area contributed by atoms with E-state index in [2.05, 4.69) is 100.0 Å². The second-order valence-electron chi connectivity index (χ2n) is 8.57. The number of hydrogen-bond donors (Lipinski definition) is 1. The molecule has 2 aliphatic rings. The zero-order valence-corrected chi connectivity index (χ0v) is 20.0. The highest BCUT2D eigenvalue weighted by Crippen LogP contribution is 2.26. The number of rotatable bonds is 8. The van der Waals surface area contributed by atoms with Crippen LogP contribution in [0.15, 0.2) is 108 Å². The average Bonchev–Trinajstić information content (AvgIpc) is 3.24. The van der Waals surface area contributed by atoms with Crippen molar-refractivity contribution < 1.29 is 0 Å². The van der Waals surface area contributed by atoms with Crippen molar-refractivity contribution in [1.82, 2.24) is 5.32 Å². The van der Waals surface area contributed by atoms with Gasteiger partial charge < -0.3 is 5.32 Å². The van der Waals surface area contributed by atoms with E-state index < -0.39 is 0 Å². The molecule has 0 aliphatic heterocycles. The maximum Gasteiger partial charge on any atom is 0.0412 e. The van der Waals surface area contributed by atoms with E-state index >= 15 is 0 Å². The molecule has 1 aromatic carbocycles. The van der Waals surface area contributed by atoms with Gasteiger partial charge in [0.2, 0.25) is 0 Å². The molecule has 0 amide bonds. The first-order valence-corrected chi connectivity index (χ1v) is 11.9. The molecule has 0 radical (unpaired) electrons. The summed E-state index contributed by atoms with van der Waals surface area (Å²) < 4.78 is 0. The maximum atomic E-state index is 4.22. The van der Waals surface area contributed by atoms with Gasteiger partial charge in [0.05, 0.1) is 0 Å². The smallest absolute Gasteiger partial charge is 0.0412 e. The third-order valence-corrected chi connectivity index (χ3v) is 6.25. The SMILES string of the molecule is C=CC(=C)C(=C\C(=C/C)C1=CCC=C1)/C=C(\C)N/C(=C\C)c1ccc2c(c1)CCCCC2. The highest BCUT2D eigenvalue weighted by atomic mass is 14.9. The monoisotopic (exact) mass is 423 g/mol. The summed E-state index contributed by atoms with van der Waals surface area (Å²) in [5.74, 6) is 0. The summed E-state index contributed by atoms with van der Waals surface area (Å²) in [7, 11) is 0. The van der Waals surface area contributed by atoms with Crippen molar-refractivity contribution in [2.24, 2.45) is 0 Å². The number of aryl methyl sites for hydroxylation is 2. The zero-order chi connectivity index (χ0) is 22.9. The Hall–Kier alpha value is -3.06. The first-order chi connectivity index (χ1) is 15.5. The largest absolute Gasteiger partial charge is 0.359 e. The van der Waals surface area contributed by atoms with E-state index in [4.69, 9.17) is 0 Å². The summed E-state index contributed by atoms with van der Waals surface area (Å²) in [6, 6.07) is 6.97. The molecule has 1 nitrogen and oxygen atoms in total. The Labute approximate surface area is 195 Å². The molecule has 0 spiro atoms. The van der Waals surface area contributed by atoms with E-state index in [0.29, 0.717) is 0 Å². The van der Waals surface area contributed by atoms with Gasteiger partial charge in [0.25, 0.3) is 0 Å². The molecule has 0 aromatic heterocycles. The molecule has 0 saturated carbocycles. The van der Waals surface area contributed by atoms with Crippen LogP contribution in [0.5, 0.6) is 0 Å². The predicted molar refractivity (Wildman–Crippen MR) is 141 cm³/mol. The summed E-state index contributed by atoms with van der Waals surface area (Å²) in [6.45, 7) is 14.4. The number of fused-ring (bicyclic) bond motifs is 1. The van der Waals surface area contributed by atoms with Crippen LogP contribution in [0.4, 0.5) is 0 Å². The highest BCUT2D eigenvalue weighted by molar-refractivity contribution is 5.67. The van der Waals surface area contributed by atoms with Gasteiger partial charge in [-0.25, -0.2) is 0 Å². The van der Waals surface area contributed by atoms with Gasteiger partial charge in [-0.3, -0.25) is 0 Å². The lowest BCUT2D eigenvalue weighted by molar-refractivity contribution is 0.711. The molecule has 32 heavy (non-hydrogen) atoms. The van der Waals surface area contributed by atoms with Gasteiger partial charge in [-0.1, -0.05) is 68.2 Å². The van der Waals surface area contributed by atoms with Crippen LogP contribution in [0.1, 0.15) is 63.1 Å². The minimum Gasteiger partial charge on any atom is -0.359 e. The molecular weight excluding hydrogens is 386 g/mol. The van der Waals surface area contributed by atoms with Gasteiger partial charge in [0.1, 0.15) is 0 Å². The van der Waals surface area contributed by atoms with E-state index in [1.807, 2.05) is 6.08 Å². The van der Waals surface area contributed by atoms with Crippen LogP contribution in [0.2, 0.25) is 0 Å². The quantitative estimate of drug-likeness (QED) is 0.327. The van der Waals surface area contributed by atoms with Crippen molar-refractivity contribution in [1.29, 1.82) is 0 Å². The second-order valence-corrected chi connectivity index (χ2v) is 8.57. The third kappa shape index (κ3) is 6.01. The molecule has 1 aromatic rings. The Kier molecular flexibility index (Phi) is 8.50. The van der Waals surface area contributed by atoms with E-state index in [0.717, 1.165) is 29.0 Å². The van der Waals surface area contributed by atoms with Gasteiger partial charge in [0, 0.05) is 11.4 Å². The van der Waals surface area contributed by atoms with Gasteiger partial charge in [-0.05, 0) is 110 Å². The summed E-state index contributed by atoms with van der Waals surface area (Å²) in [6.07, 6.45) is 24.5. The first kappa shape index (κ1) is 23.6. The number of hydrogen-bond acceptors (Lipinski definition) is 1. The topological polar surface area (TPSA) is 12.0 Å². The molecule has 1 N–H and O–H groups in total. The summed E-state index contributed by atoms with van der Waals surface area (Å²) in [4.78, 5) is 0. The van der Waals surface area contributed by atoms with Crippen LogP contribution in [0, 0.1) is 0 Å². The van der Waals surface area contributed by atoms with Gasteiger partial charge in [0.15, 0.2) is 0 Å². The summed E-state index contributed by atoms with van der Waals surface area (Å²) >= 11 is 0. The van der Waals surface area contributed by atoms with Crippen molar-refractivity contribution in [3.8, 4) is 0 Å². The van der Waals surface area contributed by atoms with Gasteiger partial charge >= 0.3 is 0 Å². The van der Waals surface area contributed by atoms with E-state index in [1.54, 1.807) is 0 Å². The number of allylic oxidation sites excluding steroid dienone is 13. The van der Waals surface area contributed by atoms with Gasteiger partial charge in [-0.15, -0.1) is 0 Å². The Morgan fingerprint density at radius 3 is 2.44 bits per heavy atom. The van der Waals surface area contributed by atoms with Crippen molar-refractivity contribution in [3.05, 3.63) is 125 Å². The van der Waals surface area contributed by atoms with Crippen LogP contribution < -0.4 is 5.32 Å². The fraction of sp³-hybridized carbons (Fsp3) is 0.290. The van der Waals surface area contributed by atoms with Gasteiger partial charge in [-0.2, -0.15) is 0 Å².